The lowest BCUT2D eigenvalue weighted by Gasteiger charge is -2.31. The number of nitrogens with one attached hydrogen (secondary N) is 1. The third kappa shape index (κ3) is 2.71. The molecule has 1 aliphatic heterocycles. The highest BCUT2D eigenvalue weighted by Gasteiger charge is 2.20. The first kappa shape index (κ1) is 12.2. The Balaban J connectivity index is 2.28. The second kappa shape index (κ2) is 5.39. The molecule has 1 heterocycles. The van der Waals surface area contributed by atoms with Crippen molar-refractivity contribution in [3.05, 3.63) is 65.4 Å². The number of rotatable bonds is 5. The summed E-state index contributed by atoms with van der Waals surface area (Å²) in [5, 5.41) is 4.70. The van der Waals surface area contributed by atoms with Crippen molar-refractivity contribution in [1.82, 2.24) is 4.72 Å². The van der Waals surface area contributed by atoms with Crippen molar-refractivity contribution in [2.45, 2.75) is 6.92 Å². The molecule has 2 heteroatoms. The van der Waals surface area contributed by atoms with Crippen LogP contribution in [0.25, 0.3) is 5.57 Å². The molecule has 1 aliphatic rings. The molecule has 1 N–H and O–H groups in total. The number of benzene rings is 1. The predicted octanol–water partition coefficient (Wildman–Crippen LogP) is 4.07. The Bertz CT molecular complexity index is 447. The summed E-state index contributed by atoms with van der Waals surface area (Å²) in [5.41, 5.74) is 2.61. The lowest BCUT2D eigenvalue weighted by atomic mass is 10.1. The van der Waals surface area contributed by atoms with Crippen LogP contribution in [-0.4, -0.2) is 12.3 Å². The summed E-state index contributed by atoms with van der Waals surface area (Å²) < 4.78 is 3.61. The van der Waals surface area contributed by atoms with E-state index in [2.05, 4.69) is 65.4 Å². The molecule has 90 valence electrons. The van der Waals surface area contributed by atoms with Gasteiger partial charge in [-0.1, -0.05) is 43.3 Å². The van der Waals surface area contributed by atoms with Crippen LogP contribution in [0.3, 0.4) is 0 Å². The first-order valence-corrected chi connectivity index (χ1v) is 7.84. The Labute approximate surface area is 105 Å². The van der Waals surface area contributed by atoms with E-state index >= 15 is 0 Å². The van der Waals surface area contributed by atoms with Gasteiger partial charge in [-0.25, -0.2) is 0 Å². The van der Waals surface area contributed by atoms with Gasteiger partial charge in [-0.2, -0.15) is 0 Å². The highest BCUT2D eigenvalue weighted by atomic mass is 32.3. The van der Waals surface area contributed by atoms with Crippen LogP contribution in [0.4, 0.5) is 0 Å². The van der Waals surface area contributed by atoms with E-state index in [0.717, 1.165) is 12.3 Å². The third-order valence-corrected chi connectivity index (χ3v) is 5.65. The van der Waals surface area contributed by atoms with Crippen LogP contribution in [0, 0.1) is 0 Å². The van der Waals surface area contributed by atoms with Crippen molar-refractivity contribution in [3.8, 4) is 0 Å². The smallest absolute Gasteiger partial charge is 0.0140 e. The Hall–Kier alpha value is -1.25. The molecule has 0 aliphatic carbocycles. The maximum atomic E-state index is 3.87. The third-order valence-electron chi connectivity index (χ3n) is 2.74. The SMILES string of the molecule is C=CCS1(NCC)C=CC(c2ccccc2)=C1. The van der Waals surface area contributed by atoms with Gasteiger partial charge in [-0.3, -0.25) is 4.72 Å². The summed E-state index contributed by atoms with van der Waals surface area (Å²) in [4.78, 5) is 0. The molecule has 17 heavy (non-hydrogen) atoms. The normalized spacial score (nSPS) is 26.3. The zero-order valence-corrected chi connectivity index (χ0v) is 11.0. The van der Waals surface area contributed by atoms with E-state index in [-0.39, 0.29) is 0 Å². The van der Waals surface area contributed by atoms with Gasteiger partial charge in [0, 0.05) is 12.3 Å². The van der Waals surface area contributed by atoms with Crippen LogP contribution in [0.2, 0.25) is 0 Å². The lowest BCUT2D eigenvalue weighted by molar-refractivity contribution is 1.02. The Morgan fingerprint density at radius 1 is 1.29 bits per heavy atom. The molecule has 0 bridgehead atoms. The quantitative estimate of drug-likeness (QED) is 0.771. The van der Waals surface area contributed by atoms with Crippen molar-refractivity contribution >= 4 is 15.8 Å². The second-order valence-electron chi connectivity index (χ2n) is 4.04. The minimum absolute atomic E-state index is 0.969. The minimum Gasteiger partial charge on any atom is -0.274 e. The van der Waals surface area contributed by atoms with Crippen molar-refractivity contribution in [2.75, 3.05) is 12.3 Å². The number of allylic oxidation sites excluding steroid dienone is 2. The topological polar surface area (TPSA) is 12.0 Å². The molecule has 0 radical (unpaired) electrons. The van der Waals surface area contributed by atoms with Gasteiger partial charge in [0.05, 0.1) is 0 Å². The molecule has 1 unspecified atom stereocenters. The van der Waals surface area contributed by atoms with Crippen molar-refractivity contribution < 1.29 is 0 Å². The molecule has 1 nitrogen and oxygen atoms in total. The first-order chi connectivity index (χ1) is 8.29. The molecule has 0 saturated heterocycles. The largest absolute Gasteiger partial charge is 0.274 e. The predicted molar refractivity (Wildman–Crippen MR) is 79.9 cm³/mol. The maximum absolute atomic E-state index is 3.87. The second-order valence-corrected chi connectivity index (χ2v) is 6.87. The van der Waals surface area contributed by atoms with E-state index in [0.29, 0.717) is 0 Å². The van der Waals surface area contributed by atoms with Gasteiger partial charge < -0.3 is 0 Å². The Morgan fingerprint density at radius 3 is 2.71 bits per heavy atom. The standard InChI is InChI=1S/C15H19NS/c1-3-11-17(16-4-2)12-10-15(13-17)14-8-6-5-7-9-14/h3,5-10,12-13,16H,1,4,11H2,2H3. The van der Waals surface area contributed by atoms with E-state index < -0.39 is 10.2 Å². The van der Waals surface area contributed by atoms with Crippen molar-refractivity contribution in [1.29, 1.82) is 0 Å². The summed E-state index contributed by atoms with van der Waals surface area (Å²) in [5.74, 6) is 1.01. The Kier molecular flexibility index (Phi) is 3.87. The highest BCUT2D eigenvalue weighted by Crippen LogP contribution is 2.53. The molecule has 1 aromatic carbocycles. The van der Waals surface area contributed by atoms with Crippen LogP contribution in [-0.2, 0) is 0 Å². The lowest BCUT2D eigenvalue weighted by Crippen LogP contribution is -2.17. The molecule has 0 spiro atoms. The molecule has 2 rings (SSSR count). The van der Waals surface area contributed by atoms with Crippen molar-refractivity contribution in [2.24, 2.45) is 0 Å². The van der Waals surface area contributed by atoms with E-state index in [4.69, 9.17) is 0 Å². The van der Waals surface area contributed by atoms with Crippen LogP contribution in [0.15, 0.2) is 59.9 Å². The van der Waals surface area contributed by atoms with Gasteiger partial charge in [-0.15, -0.1) is 16.8 Å². The minimum atomic E-state index is -0.969. The zero-order chi connectivity index (χ0) is 12.1. The van der Waals surface area contributed by atoms with E-state index in [1.54, 1.807) is 0 Å². The summed E-state index contributed by atoms with van der Waals surface area (Å²) in [6, 6.07) is 10.5. The summed E-state index contributed by atoms with van der Waals surface area (Å²) in [7, 11) is -0.969. The van der Waals surface area contributed by atoms with Gasteiger partial charge in [-0.05, 0) is 28.0 Å². The molecule has 1 atom stereocenters. The zero-order valence-electron chi connectivity index (χ0n) is 10.2. The van der Waals surface area contributed by atoms with Crippen LogP contribution < -0.4 is 4.72 Å². The van der Waals surface area contributed by atoms with Gasteiger partial charge in [0.15, 0.2) is 0 Å². The highest BCUT2D eigenvalue weighted by molar-refractivity contribution is 8.37. The van der Waals surface area contributed by atoms with Gasteiger partial charge in [0.1, 0.15) is 0 Å². The van der Waals surface area contributed by atoms with Gasteiger partial charge in [0.25, 0.3) is 0 Å². The van der Waals surface area contributed by atoms with Gasteiger partial charge in [0.2, 0.25) is 0 Å². The number of hydrogen-bond acceptors (Lipinski definition) is 1. The molecule has 0 fully saturated rings. The molecular weight excluding hydrogens is 226 g/mol. The molecule has 0 amide bonds. The van der Waals surface area contributed by atoms with Crippen molar-refractivity contribution in [3.63, 3.8) is 0 Å². The van der Waals surface area contributed by atoms with Crippen LogP contribution in [0.5, 0.6) is 0 Å². The van der Waals surface area contributed by atoms with Crippen LogP contribution in [0.1, 0.15) is 12.5 Å². The monoisotopic (exact) mass is 245 g/mol. The van der Waals surface area contributed by atoms with E-state index in [1.165, 1.54) is 11.1 Å². The molecular formula is C15H19NS. The fraction of sp³-hybridized carbons (Fsp3) is 0.200. The fourth-order valence-corrected chi connectivity index (χ4v) is 4.58. The van der Waals surface area contributed by atoms with E-state index in [1.807, 2.05) is 6.08 Å². The summed E-state index contributed by atoms with van der Waals surface area (Å²) in [6.45, 7) is 7.01. The maximum Gasteiger partial charge on any atom is 0.0140 e. The molecule has 1 aromatic rings. The average molecular weight is 245 g/mol. The van der Waals surface area contributed by atoms with Crippen LogP contribution >= 0.6 is 10.2 Å². The van der Waals surface area contributed by atoms with E-state index in [9.17, 15) is 0 Å². The first-order valence-electron chi connectivity index (χ1n) is 5.91. The molecule has 0 aromatic heterocycles. The fourth-order valence-electron chi connectivity index (χ4n) is 2.01. The average Bonchev–Trinajstić information content (AvgIpc) is 2.76. The molecule has 0 saturated carbocycles. The van der Waals surface area contributed by atoms with Gasteiger partial charge >= 0.3 is 0 Å². The summed E-state index contributed by atoms with van der Waals surface area (Å²) in [6.07, 6.45) is 4.24. The Morgan fingerprint density at radius 2 is 2.06 bits per heavy atom. The summed E-state index contributed by atoms with van der Waals surface area (Å²) >= 11 is 0. The number of hydrogen-bond donors (Lipinski definition) is 1.